The Morgan fingerprint density at radius 2 is 1.68 bits per heavy atom. The molecule has 0 aromatic heterocycles. The summed E-state index contributed by atoms with van der Waals surface area (Å²) in [5.74, 6) is 3.86. The lowest BCUT2D eigenvalue weighted by Crippen LogP contribution is -2.64. The minimum absolute atomic E-state index is 0.0128. The summed E-state index contributed by atoms with van der Waals surface area (Å²) in [6, 6.07) is 0. The van der Waals surface area contributed by atoms with E-state index in [4.69, 9.17) is 6.42 Å². The Morgan fingerprint density at radius 1 is 1.00 bits per heavy atom. The van der Waals surface area contributed by atoms with Crippen LogP contribution in [0, 0.1) is 62.6 Å². The van der Waals surface area contributed by atoms with Crippen LogP contribution in [0.25, 0.3) is 0 Å². The molecule has 188 valence electrons. The molecule has 9 atom stereocenters. The Labute approximate surface area is 208 Å². The summed E-state index contributed by atoms with van der Waals surface area (Å²) in [5.41, 5.74) is 3.79. The average molecular weight is 465 g/mol. The molecule has 34 heavy (non-hydrogen) atoms. The molecule has 2 N–H and O–H groups in total. The van der Waals surface area contributed by atoms with Crippen LogP contribution in [0.2, 0.25) is 0 Å². The topological polar surface area (TPSA) is 40.5 Å². The first-order chi connectivity index (χ1) is 15.7. The zero-order chi connectivity index (χ0) is 24.9. The molecular weight excluding hydrogens is 416 g/mol. The van der Waals surface area contributed by atoms with Gasteiger partial charge in [0.15, 0.2) is 0 Å². The van der Waals surface area contributed by atoms with E-state index in [-0.39, 0.29) is 45.0 Å². The van der Waals surface area contributed by atoms with E-state index < -0.39 is 6.10 Å². The van der Waals surface area contributed by atoms with Crippen molar-refractivity contribution in [1.82, 2.24) is 0 Å². The Kier molecular flexibility index (Phi) is 5.26. The van der Waals surface area contributed by atoms with Crippen molar-refractivity contribution in [3.63, 3.8) is 0 Å². The summed E-state index contributed by atoms with van der Waals surface area (Å²) in [6.07, 6.45) is 19.9. The molecule has 0 spiro atoms. The molecule has 0 radical (unpaired) electrons. The van der Waals surface area contributed by atoms with Gasteiger partial charge in [0.05, 0.1) is 6.10 Å². The van der Waals surface area contributed by atoms with Crippen molar-refractivity contribution in [1.29, 1.82) is 0 Å². The van der Waals surface area contributed by atoms with Crippen molar-refractivity contribution in [3.05, 3.63) is 23.3 Å². The fraction of sp³-hybridized carbons (Fsp3) is 0.812. The fourth-order valence-corrected chi connectivity index (χ4v) is 10.2. The van der Waals surface area contributed by atoms with Crippen LogP contribution in [0.15, 0.2) is 23.3 Å². The first-order valence-electron chi connectivity index (χ1n) is 13.9. The highest BCUT2D eigenvalue weighted by atomic mass is 16.3. The molecule has 0 saturated heterocycles. The van der Waals surface area contributed by atoms with Gasteiger partial charge in [-0.3, -0.25) is 0 Å². The molecule has 3 saturated carbocycles. The summed E-state index contributed by atoms with van der Waals surface area (Å²) in [5, 5.41) is 21.4. The molecule has 3 fully saturated rings. The second-order valence-corrected chi connectivity index (χ2v) is 15.0. The molecule has 2 nitrogen and oxygen atoms in total. The van der Waals surface area contributed by atoms with Gasteiger partial charge in [0.2, 0.25) is 0 Å². The van der Waals surface area contributed by atoms with Gasteiger partial charge in [-0.15, -0.1) is 12.3 Å². The minimum Gasteiger partial charge on any atom is -0.396 e. The van der Waals surface area contributed by atoms with E-state index >= 15 is 0 Å². The van der Waals surface area contributed by atoms with E-state index in [0.717, 1.165) is 19.3 Å². The zero-order valence-electron chi connectivity index (χ0n) is 22.8. The molecule has 5 rings (SSSR count). The molecule has 0 unspecified atom stereocenters. The first-order valence-corrected chi connectivity index (χ1v) is 13.9. The fourth-order valence-electron chi connectivity index (χ4n) is 10.2. The van der Waals surface area contributed by atoms with Crippen molar-refractivity contribution in [3.8, 4) is 12.3 Å². The van der Waals surface area contributed by atoms with Gasteiger partial charge in [0, 0.05) is 12.5 Å². The first kappa shape index (κ1) is 24.6. The molecule has 0 aromatic rings. The van der Waals surface area contributed by atoms with Gasteiger partial charge in [-0.2, -0.15) is 0 Å². The summed E-state index contributed by atoms with van der Waals surface area (Å²) >= 11 is 0. The summed E-state index contributed by atoms with van der Waals surface area (Å²) < 4.78 is 0. The lowest BCUT2D eigenvalue weighted by molar-refractivity contribution is -0.193. The maximum Gasteiger partial charge on any atom is 0.0731 e. The number of fused-ring (bicyclic) bond motifs is 6. The van der Waals surface area contributed by atoms with Gasteiger partial charge in [-0.1, -0.05) is 66.2 Å². The van der Waals surface area contributed by atoms with Crippen molar-refractivity contribution in [2.24, 2.45) is 50.2 Å². The van der Waals surface area contributed by atoms with Crippen molar-refractivity contribution in [2.45, 2.75) is 106 Å². The molecular formula is C32H48O2. The molecule has 0 aliphatic heterocycles. The van der Waals surface area contributed by atoms with E-state index in [0.29, 0.717) is 11.8 Å². The van der Waals surface area contributed by atoms with Crippen LogP contribution in [0.1, 0.15) is 99.8 Å². The monoisotopic (exact) mass is 464 g/mol. The van der Waals surface area contributed by atoms with E-state index in [2.05, 4.69) is 66.5 Å². The molecule has 5 aliphatic carbocycles. The maximum absolute atomic E-state index is 11.2. The van der Waals surface area contributed by atoms with Crippen molar-refractivity contribution < 1.29 is 10.2 Å². The van der Waals surface area contributed by atoms with Crippen LogP contribution >= 0.6 is 0 Å². The summed E-state index contributed by atoms with van der Waals surface area (Å²) in [6.45, 7) is 17.2. The van der Waals surface area contributed by atoms with Crippen LogP contribution in [-0.4, -0.2) is 22.9 Å². The normalized spacial score (nSPS) is 53.8. The van der Waals surface area contributed by atoms with Crippen molar-refractivity contribution in [2.75, 3.05) is 6.61 Å². The van der Waals surface area contributed by atoms with E-state index in [1.807, 2.05) is 0 Å². The lowest BCUT2D eigenvalue weighted by atomic mass is 9.34. The van der Waals surface area contributed by atoms with Gasteiger partial charge >= 0.3 is 0 Å². The van der Waals surface area contributed by atoms with Crippen molar-refractivity contribution >= 4 is 0 Å². The SMILES string of the molecule is C#C[C@H]1C[C@@]2(C)[C@H](CC[C@]3(C)[C@H]2C=CC2=C4C[C@@](C)(CO)CC[C@]4(C)CC[C@]23C)C(C)(C)[C@H]1O. The Morgan fingerprint density at radius 3 is 2.32 bits per heavy atom. The van der Waals surface area contributed by atoms with E-state index in [1.165, 1.54) is 32.1 Å². The predicted molar refractivity (Wildman–Crippen MR) is 140 cm³/mol. The van der Waals surface area contributed by atoms with Crippen LogP contribution in [0.5, 0.6) is 0 Å². The number of allylic oxidation sites excluding steroid dienone is 4. The number of hydrogen-bond acceptors (Lipinski definition) is 2. The highest BCUT2D eigenvalue weighted by Crippen LogP contribution is 2.74. The number of aliphatic hydroxyl groups excluding tert-OH is 2. The lowest BCUT2D eigenvalue weighted by Gasteiger charge is -2.70. The molecule has 0 aromatic carbocycles. The Hall–Kier alpha value is -1.04. The number of aliphatic hydroxyl groups is 2. The third kappa shape index (κ3) is 2.90. The van der Waals surface area contributed by atoms with Gasteiger partial charge in [0.1, 0.15) is 0 Å². The molecule has 0 heterocycles. The van der Waals surface area contributed by atoms with Crippen LogP contribution in [0.4, 0.5) is 0 Å². The summed E-state index contributed by atoms with van der Waals surface area (Å²) in [4.78, 5) is 0. The average Bonchev–Trinajstić information content (AvgIpc) is 2.78. The van der Waals surface area contributed by atoms with Gasteiger partial charge < -0.3 is 10.2 Å². The predicted octanol–water partition coefficient (Wildman–Crippen LogP) is 6.92. The molecule has 2 heteroatoms. The van der Waals surface area contributed by atoms with Gasteiger partial charge in [-0.25, -0.2) is 0 Å². The molecule has 0 bridgehead atoms. The largest absolute Gasteiger partial charge is 0.396 e. The van der Waals surface area contributed by atoms with Crippen LogP contribution < -0.4 is 0 Å². The Bertz CT molecular complexity index is 981. The highest BCUT2D eigenvalue weighted by molar-refractivity contribution is 5.45. The standard InChI is InChI=1S/C32H48O2/c1-9-21-18-30(6)24(27(2,3)26(21)34)12-13-32(8)25(30)11-10-22-23-19-28(4,20-33)14-15-29(23,5)16-17-31(22,32)7/h1,10-11,21,24-26,33-34H,12-20H2,2-8H3/t21-,24+,25-,26-,28-,29+,30-,31+,32+/m0/s1. The second kappa shape index (κ2) is 7.26. The third-order valence-electron chi connectivity index (χ3n) is 12.9. The number of rotatable bonds is 1. The van der Waals surface area contributed by atoms with E-state index in [1.54, 1.807) is 11.1 Å². The number of terminal acetylenes is 1. The molecule has 0 amide bonds. The van der Waals surface area contributed by atoms with Crippen LogP contribution in [-0.2, 0) is 0 Å². The van der Waals surface area contributed by atoms with Gasteiger partial charge in [0.25, 0.3) is 0 Å². The van der Waals surface area contributed by atoms with E-state index in [9.17, 15) is 10.2 Å². The van der Waals surface area contributed by atoms with Crippen LogP contribution in [0.3, 0.4) is 0 Å². The van der Waals surface area contributed by atoms with Gasteiger partial charge in [-0.05, 0) is 101 Å². The maximum atomic E-state index is 11.2. The second-order valence-electron chi connectivity index (χ2n) is 15.0. The summed E-state index contributed by atoms with van der Waals surface area (Å²) in [7, 11) is 0. The smallest absolute Gasteiger partial charge is 0.0731 e. The quantitative estimate of drug-likeness (QED) is 0.413. The highest BCUT2D eigenvalue weighted by Gasteiger charge is 2.67. The Balaban J connectivity index is 1.65. The number of hydrogen-bond donors (Lipinski definition) is 2. The third-order valence-corrected chi connectivity index (χ3v) is 12.9. The minimum atomic E-state index is -0.422. The molecule has 5 aliphatic rings. The zero-order valence-corrected chi connectivity index (χ0v) is 22.8.